The Morgan fingerprint density at radius 3 is 2.30 bits per heavy atom. The molecule has 0 amide bonds. The van der Waals surface area contributed by atoms with Gasteiger partial charge in [0.05, 0.1) is 0 Å². The number of nitrogens with two attached hydrogens (primary N) is 1. The molecule has 0 bridgehead atoms. The van der Waals surface area contributed by atoms with E-state index in [2.05, 4.69) is 0 Å². The van der Waals surface area contributed by atoms with Crippen molar-refractivity contribution >= 4 is 0 Å². The fraction of sp³-hybridized carbons (Fsp3) is 1.00. The summed E-state index contributed by atoms with van der Waals surface area (Å²) in [6, 6.07) is 0. The average Bonchev–Trinajstić information content (AvgIpc) is 2.64. The van der Waals surface area contributed by atoms with Crippen LogP contribution in [0.5, 0.6) is 0 Å². The zero-order valence-corrected chi connectivity index (χ0v) is 5.95. The molecular weight excluding hydrogens is 136 g/mol. The normalized spacial score (nSPS) is 21.6. The van der Waals surface area contributed by atoms with Crippen LogP contribution in [0, 0.1) is 5.41 Å². The maximum absolute atomic E-state index is 12.2. The largest absolute Gasteiger partial charge is 0.330 e. The lowest BCUT2D eigenvalue weighted by Crippen LogP contribution is -2.14. The Labute approximate surface area is 59.6 Å². The lowest BCUT2D eigenvalue weighted by molar-refractivity contribution is 0.0556. The van der Waals surface area contributed by atoms with E-state index in [0.717, 1.165) is 6.42 Å². The molecule has 1 aliphatic carbocycles. The van der Waals surface area contributed by atoms with Crippen molar-refractivity contribution < 1.29 is 8.78 Å². The SMILES string of the molecule is NCCCC1(C(F)F)CC1. The Morgan fingerprint density at radius 2 is 2.00 bits per heavy atom. The van der Waals surface area contributed by atoms with E-state index in [1.54, 1.807) is 0 Å². The third-order valence-corrected chi connectivity index (χ3v) is 2.23. The minimum atomic E-state index is -2.13. The van der Waals surface area contributed by atoms with Crippen molar-refractivity contribution in [2.24, 2.45) is 11.1 Å². The van der Waals surface area contributed by atoms with Crippen molar-refractivity contribution in [1.82, 2.24) is 0 Å². The van der Waals surface area contributed by atoms with Gasteiger partial charge in [-0.05, 0) is 32.2 Å². The van der Waals surface area contributed by atoms with Crippen LogP contribution >= 0.6 is 0 Å². The van der Waals surface area contributed by atoms with Gasteiger partial charge in [-0.3, -0.25) is 0 Å². The zero-order chi connectivity index (χ0) is 7.61. The second-order valence-corrected chi connectivity index (χ2v) is 3.06. The molecule has 0 aromatic carbocycles. The molecule has 0 aliphatic heterocycles. The third kappa shape index (κ3) is 1.45. The highest BCUT2D eigenvalue weighted by molar-refractivity contribution is 4.94. The van der Waals surface area contributed by atoms with Gasteiger partial charge in [0.1, 0.15) is 0 Å². The van der Waals surface area contributed by atoms with Gasteiger partial charge in [-0.15, -0.1) is 0 Å². The third-order valence-electron chi connectivity index (χ3n) is 2.23. The van der Waals surface area contributed by atoms with Crippen molar-refractivity contribution in [2.45, 2.75) is 32.1 Å². The average molecular weight is 149 g/mol. The number of hydrogen-bond donors (Lipinski definition) is 1. The highest BCUT2D eigenvalue weighted by Crippen LogP contribution is 2.54. The van der Waals surface area contributed by atoms with Crippen LogP contribution in [0.1, 0.15) is 25.7 Å². The Balaban J connectivity index is 2.24. The molecular formula is C7H13F2N. The first-order valence-corrected chi connectivity index (χ1v) is 3.69. The number of hydrogen-bond acceptors (Lipinski definition) is 1. The van der Waals surface area contributed by atoms with Crippen molar-refractivity contribution in [3.8, 4) is 0 Å². The van der Waals surface area contributed by atoms with Gasteiger partial charge < -0.3 is 5.73 Å². The molecule has 0 saturated heterocycles. The van der Waals surface area contributed by atoms with Crippen LogP contribution in [0.4, 0.5) is 8.78 Å². The monoisotopic (exact) mass is 149 g/mol. The first-order valence-electron chi connectivity index (χ1n) is 3.69. The Bertz CT molecular complexity index is 110. The van der Waals surface area contributed by atoms with E-state index in [0.29, 0.717) is 25.8 Å². The molecule has 0 atom stereocenters. The fourth-order valence-electron chi connectivity index (χ4n) is 1.19. The summed E-state index contributed by atoms with van der Waals surface area (Å²) in [5.74, 6) is 0. The van der Waals surface area contributed by atoms with E-state index < -0.39 is 11.8 Å². The molecule has 1 fully saturated rings. The highest BCUT2D eigenvalue weighted by atomic mass is 19.3. The summed E-state index contributed by atoms with van der Waals surface area (Å²) in [5, 5.41) is 0. The Morgan fingerprint density at radius 1 is 1.40 bits per heavy atom. The molecule has 1 nitrogen and oxygen atoms in total. The molecule has 1 saturated carbocycles. The molecule has 0 heterocycles. The zero-order valence-electron chi connectivity index (χ0n) is 5.95. The van der Waals surface area contributed by atoms with E-state index in [1.807, 2.05) is 0 Å². The smallest absolute Gasteiger partial charge is 0.244 e. The van der Waals surface area contributed by atoms with E-state index in [1.165, 1.54) is 0 Å². The summed E-state index contributed by atoms with van der Waals surface area (Å²) in [4.78, 5) is 0. The Kier molecular flexibility index (Phi) is 2.24. The van der Waals surface area contributed by atoms with Gasteiger partial charge in [0.2, 0.25) is 6.43 Å². The van der Waals surface area contributed by atoms with Crippen molar-refractivity contribution in [1.29, 1.82) is 0 Å². The van der Waals surface area contributed by atoms with Crippen LogP contribution in [0.15, 0.2) is 0 Å². The first kappa shape index (κ1) is 7.92. The van der Waals surface area contributed by atoms with Gasteiger partial charge in [-0.25, -0.2) is 8.78 Å². The first-order chi connectivity index (χ1) is 4.71. The quantitative estimate of drug-likeness (QED) is 0.647. The molecule has 60 valence electrons. The molecule has 0 aromatic heterocycles. The van der Waals surface area contributed by atoms with E-state index in [9.17, 15) is 8.78 Å². The van der Waals surface area contributed by atoms with Crippen LogP contribution in [-0.2, 0) is 0 Å². The summed E-state index contributed by atoms with van der Waals surface area (Å²) >= 11 is 0. The van der Waals surface area contributed by atoms with Crippen LogP contribution < -0.4 is 5.73 Å². The van der Waals surface area contributed by atoms with Crippen molar-refractivity contribution in [3.63, 3.8) is 0 Å². The minimum Gasteiger partial charge on any atom is -0.330 e. The summed E-state index contributed by atoms with van der Waals surface area (Å²) in [5.41, 5.74) is 4.61. The second kappa shape index (κ2) is 2.82. The van der Waals surface area contributed by atoms with Gasteiger partial charge in [0.15, 0.2) is 0 Å². The predicted octanol–water partition coefficient (Wildman–Crippen LogP) is 1.77. The van der Waals surface area contributed by atoms with Crippen LogP contribution in [0.3, 0.4) is 0 Å². The van der Waals surface area contributed by atoms with E-state index >= 15 is 0 Å². The van der Waals surface area contributed by atoms with Crippen molar-refractivity contribution in [2.75, 3.05) is 6.54 Å². The molecule has 0 radical (unpaired) electrons. The van der Waals surface area contributed by atoms with E-state index in [-0.39, 0.29) is 0 Å². The molecule has 1 aliphatic rings. The lowest BCUT2D eigenvalue weighted by Gasteiger charge is -2.11. The number of halogens is 2. The lowest BCUT2D eigenvalue weighted by atomic mass is 10.0. The van der Waals surface area contributed by atoms with Gasteiger partial charge >= 0.3 is 0 Å². The summed E-state index contributed by atoms with van der Waals surface area (Å²) < 4.78 is 24.3. The topological polar surface area (TPSA) is 26.0 Å². The molecule has 0 unspecified atom stereocenters. The maximum atomic E-state index is 12.2. The van der Waals surface area contributed by atoms with Gasteiger partial charge in [0, 0.05) is 5.41 Å². The number of rotatable bonds is 4. The van der Waals surface area contributed by atoms with Crippen molar-refractivity contribution in [3.05, 3.63) is 0 Å². The molecule has 10 heavy (non-hydrogen) atoms. The Hall–Kier alpha value is -0.180. The van der Waals surface area contributed by atoms with Gasteiger partial charge in [-0.2, -0.15) is 0 Å². The highest BCUT2D eigenvalue weighted by Gasteiger charge is 2.49. The van der Waals surface area contributed by atoms with Gasteiger partial charge in [-0.1, -0.05) is 0 Å². The number of alkyl halides is 2. The van der Waals surface area contributed by atoms with E-state index in [4.69, 9.17) is 5.73 Å². The molecule has 0 aromatic rings. The minimum absolute atomic E-state index is 0.536. The van der Waals surface area contributed by atoms with Crippen LogP contribution in [-0.4, -0.2) is 13.0 Å². The van der Waals surface area contributed by atoms with Gasteiger partial charge in [0.25, 0.3) is 0 Å². The maximum Gasteiger partial charge on any atom is 0.244 e. The molecule has 1 rings (SSSR count). The summed E-state index contributed by atoms with van der Waals surface area (Å²) in [6.07, 6.45) is 0.625. The standard InChI is InChI=1S/C7H13F2N/c8-6(9)7(3-4-7)2-1-5-10/h6H,1-5,10H2. The molecule has 0 spiro atoms. The summed E-state index contributed by atoms with van der Waals surface area (Å²) in [7, 11) is 0. The molecule has 3 heteroatoms. The fourth-order valence-corrected chi connectivity index (χ4v) is 1.19. The molecule has 2 N–H and O–H groups in total. The predicted molar refractivity (Wildman–Crippen MR) is 36.0 cm³/mol. The van der Waals surface area contributed by atoms with Crippen LogP contribution in [0.25, 0.3) is 0 Å². The van der Waals surface area contributed by atoms with Crippen LogP contribution in [0.2, 0.25) is 0 Å². The second-order valence-electron chi connectivity index (χ2n) is 3.06. The summed E-state index contributed by atoms with van der Waals surface area (Å²) in [6.45, 7) is 0.536.